The number of hydrogen-bond donors (Lipinski definition) is 0. The molecule has 1 unspecified atom stereocenters. The van der Waals surface area contributed by atoms with Crippen molar-refractivity contribution in [1.29, 1.82) is 0 Å². The number of unbranched alkanes of at least 4 members (excludes halogenated alkanes) is 2. The number of nitrogens with zero attached hydrogens (tertiary/aromatic N) is 1. The van der Waals surface area contributed by atoms with E-state index in [2.05, 4.69) is 38.1 Å². The standard InChI is InChI=1S/C23H37NO3.ClH/c1-5-6-8-11-22(25)27-23(16-9-7-10-17-23)21(18-24(2)3)19-12-14-20(26-4)15-13-19;/h12-15,21H,5-11,16-18H2,1-4H3;1H. The molecular formula is C23H38ClNO3. The van der Waals surface area contributed by atoms with Gasteiger partial charge in [0.05, 0.1) is 7.11 Å². The van der Waals surface area contributed by atoms with Crippen LogP contribution in [0.3, 0.4) is 0 Å². The molecule has 0 aromatic heterocycles. The molecule has 0 amide bonds. The minimum absolute atomic E-state index is 0. The second-order valence-electron chi connectivity index (χ2n) is 8.14. The van der Waals surface area contributed by atoms with Crippen molar-refractivity contribution in [1.82, 2.24) is 4.90 Å². The van der Waals surface area contributed by atoms with Gasteiger partial charge in [0.25, 0.3) is 0 Å². The van der Waals surface area contributed by atoms with Crippen molar-refractivity contribution < 1.29 is 14.3 Å². The van der Waals surface area contributed by atoms with Crippen molar-refractivity contribution in [2.75, 3.05) is 27.7 Å². The molecule has 1 aromatic rings. The summed E-state index contributed by atoms with van der Waals surface area (Å²) in [5.74, 6) is 1.01. The first-order chi connectivity index (χ1) is 13.0. The molecular weight excluding hydrogens is 374 g/mol. The number of methoxy groups -OCH3 is 1. The van der Waals surface area contributed by atoms with Crippen LogP contribution in [0, 0.1) is 0 Å². The molecule has 4 nitrogen and oxygen atoms in total. The van der Waals surface area contributed by atoms with Crippen LogP contribution in [0.1, 0.15) is 76.2 Å². The van der Waals surface area contributed by atoms with Gasteiger partial charge in [-0.25, -0.2) is 0 Å². The van der Waals surface area contributed by atoms with E-state index in [-0.39, 0.29) is 29.9 Å². The molecule has 0 N–H and O–H groups in total. The summed E-state index contributed by atoms with van der Waals surface area (Å²) < 4.78 is 11.6. The lowest BCUT2D eigenvalue weighted by molar-refractivity contribution is -0.167. The summed E-state index contributed by atoms with van der Waals surface area (Å²) in [7, 11) is 5.87. The largest absolute Gasteiger partial charge is 0.497 e. The summed E-state index contributed by atoms with van der Waals surface area (Å²) in [5, 5.41) is 0. The highest BCUT2D eigenvalue weighted by Gasteiger charge is 2.44. The van der Waals surface area contributed by atoms with Crippen LogP contribution in [0.25, 0.3) is 0 Å². The second-order valence-corrected chi connectivity index (χ2v) is 8.14. The zero-order valence-corrected chi connectivity index (χ0v) is 18.9. The molecule has 0 radical (unpaired) electrons. The lowest BCUT2D eigenvalue weighted by Crippen LogP contribution is -2.46. The number of esters is 1. The Balaban J connectivity index is 0.00000392. The monoisotopic (exact) mass is 411 g/mol. The van der Waals surface area contributed by atoms with Crippen molar-refractivity contribution in [2.24, 2.45) is 0 Å². The Kier molecular flexibility index (Phi) is 10.9. The minimum Gasteiger partial charge on any atom is -0.497 e. The summed E-state index contributed by atoms with van der Waals surface area (Å²) in [4.78, 5) is 14.9. The van der Waals surface area contributed by atoms with Gasteiger partial charge in [0.2, 0.25) is 0 Å². The van der Waals surface area contributed by atoms with Gasteiger partial charge in [-0.05, 0) is 63.9 Å². The maximum absolute atomic E-state index is 12.7. The number of carbonyl (C=O) groups excluding carboxylic acids is 1. The normalized spacial score (nSPS) is 16.9. The van der Waals surface area contributed by atoms with Gasteiger partial charge >= 0.3 is 5.97 Å². The smallest absolute Gasteiger partial charge is 0.306 e. The molecule has 1 saturated carbocycles. The first-order valence-electron chi connectivity index (χ1n) is 10.5. The van der Waals surface area contributed by atoms with Gasteiger partial charge in [-0.3, -0.25) is 4.79 Å². The van der Waals surface area contributed by atoms with Crippen LogP contribution in [-0.4, -0.2) is 44.2 Å². The Morgan fingerprint density at radius 2 is 1.75 bits per heavy atom. The zero-order chi connectivity index (χ0) is 19.7. The zero-order valence-electron chi connectivity index (χ0n) is 18.0. The van der Waals surface area contributed by atoms with E-state index < -0.39 is 0 Å². The van der Waals surface area contributed by atoms with Crippen LogP contribution >= 0.6 is 12.4 Å². The third-order valence-corrected chi connectivity index (χ3v) is 5.70. The SMILES string of the molecule is CCCCCC(=O)OC1(C(CN(C)C)c2ccc(OC)cc2)CCCCC1.Cl. The Morgan fingerprint density at radius 1 is 1.11 bits per heavy atom. The van der Waals surface area contributed by atoms with E-state index in [0.717, 1.165) is 57.2 Å². The van der Waals surface area contributed by atoms with E-state index in [4.69, 9.17) is 9.47 Å². The highest BCUT2D eigenvalue weighted by Crippen LogP contribution is 2.44. The van der Waals surface area contributed by atoms with Crippen LogP contribution in [-0.2, 0) is 9.53 Å². The van der Waals surface area contributed by atoms with Gasteiger partial charge in [0.15, 0.2) is 0 Å². The molecule has 28 heavy (non-hydrogen) atoms. The van der Waals surface area contributed by atoms with Crippen molar-refractivity contribution in [3.8, 4) is 5.75 Å². The van der Waals surface area contributed by atoms with Crippen molar-refractivity contribution in [2.45, 2.75) is 76.2 Å². The fourth-order valence-electron chi connectivity index (χ4n) is 4.25. The van der Waals surface area contributed by atoms with Gasteiger partial charge in [0.1, 0.15) is 11.4 Å². The molecule has 1 aliphatic rings. The molecule has 1 aromatic carbocycles. The fourth-order valence-corrected chi connectivity index (χ4v) is 4.25. The number of likely N-dealkylation sites (N-methyl/N-ethyl adjacent to an activating group) is 1. The third-order valence-electron chi connectivity index (χ3n) is 5.70. The molecule has 1 aliphatic carbocycles. The molecule has 0 saturated heterocycles. The highest BCUT2D eigenvalue weighted by atomic mass is 35.5. The number of carbonyl (C=O) groups is 1. The Bertz CT molecular complexity index is 568. The lowest BCUT2D eigenvalue weighted by Gasteiger charge is -2.44. The summed E-state index contributed by atoms with van der Waals surface area (Å²) in [6.07, 6.45) is 9.06. The first kappa shape index (κ1) is 24.8. The summed E-state index contributed by atoms with van der Waals surface area (Å²) >= 11 is 0. The lowest BCUT2D eigenvalue weighted by atomic mass is 9.72. The highest BCUT2D eigenvalue weighted by molar-refractivity contribution is 5.85. The average molecular weight is 412 g/mol. The Hall–Kier alpha value is -1.26. The van der Waals surface area contributed by atoms with Gasteiger partial charge in [-0.2, -0.15) is 0 Å². The van der Waals surface area contributed by atoms with Crippen molar-refractivity contribution >= 4 is 18.4 Å². The van der Waals surface area contributed by atoms with Crippen LogP contribution in [0.15, 0.2) is 24.3 Å². The average Bonchev–Trinajstić information content (AvgIpc) is 2.67. The first-order valence-corrected chi connectivity index (χ1v) is 10.5. The van der Waals surface area contributed by atoms with E-state index in [1.165, 1.54) is 12.0 Å². The molecule has 2 rings (SSSR count). The minimum atomic E-state index is -0.388. The quantitative estimate of drug-likeness (QED) is 0.371. The summed E-state index contributed by atoms with van der Waals surface area (Å²) in [6, 6.07) is 8.29. The van der Waals surface area contributed by atoms with Crippen LogP contribution in [0.5, 0.6) is 5.75 Å². The maximum atomic E-state index is 12.7. The Morgan fingerprint density at radius 3 is 2.29 bits per heavy atom. The molecule has 0 bridgehead atoms. The molecule has 0 spiro atoms. The third kappa shape index (κ3) is 6.97. The molecule has 0 aliphatic heterocycles. The molecule has 160 valence electrons. The number of hydrogen-bond acceptors (Lipinski definition) is 4. The van der Waals surface area contributed by atoms with E-state index >= 15 is 0 Å². The predicted octanol–water partition coefficient (Wildman–Crippen LogP) is 5.59. The summed E-state index contributed by atoms with van der Waals surface area (Å²) in [5.41, 5.74) is 0.841. The van der Waals surface area contributed by atoms with E-state index in [1.807, 2.05) is 12.1 Å². The van der Waals surface area contributed by atoms with Gasteiger partial charge in [-0.1, -0.05) is 38.3 Å². The second kappa shape index (κ2) is 12.3. The van der Waals surface area contributed by atoms with Gasteiger partial charge < -0.3 is 14.4 Å². The topological polar surface area (TPSA) is 38.8 Å². The van der Waals surface area contributed by atoms with Crippen LogP contribution in [0.2, 0.25) is 0 Å². The Labute approximate surface area is 177 Å². The predicted molar refractivity (Wildman–Crippen MR) is 118 cm³/mol. The number of ether oxygens (including phenoxy) is 2. The number of benzene rings is 1. The van der Waals surface area contributed by atoms with Crippen LogP contribution < -0.4 is 4.74 Å². The molecule has 1 atom stereocenters. The number of halogens is 1. The van der Waals surface area contributed by atoms with E-state index in [9.17, 15) is 4.79 Å². The fraction of sp³-hybridized carbons (Fsp3) is 0.696. The van der Waals surface area contributed by atoms with Crippen molar-refractivity contribution in [3.05, 3.63) is 29.8 Å². The maximum Gasteiger partial charge on any atom is 0.306 e. The van der Waals surface area contributed by atoms with Gasteiger partial charge in [-0.15, -0.1) is 12.4 Å². The number of rotatable bonds is 10. The van der Waals surface area contributed by atoms with Gasteiger partial charge in [0, 0.05) is 18.9 Å². The molecule has 0 heterocycles. The molecule has 5 heteroatoms. The summed E-state index contributed by atoms with van der Waals surface area (Å²) in [6.45, 7) is 3.03. The molecule has 1 fully saturated rings. The van der Waals surface area contributed by atoms with E-state index in [0.29, 0.717) is 6.42 Å². The van der Waals surface area contributed by atoms with Crippen molar-refractivity contribution in [3.63, 3.8) is 0 Å². The van der Waals surface area contributed by atoms with Crippen LogP contribution in [0.4, 0.5) is 0 Å². The van der Waals surface area contributed by atoms with E-state index in [1.54, 1.807) is 7.11 Å².